The molecule has 0 saturated carbocycles. The van der Waals surface area contributed by atoms with Crippen molar-refractivity contribution >= 4 is 11.9 Å². The molecule has 0 aromatic rings. The van der Waals surface area contributed by atoms with Crippen molar-refractivity contribution in [2.75, 3.05) is 0 Å². The molecule has 1 rings (SSSR count). The molecule has 1 heterocycles. The van der Waals surface area contributed by atoms with Crippen molar-refractivity contribution in [3.8, 4) is 12.3 Å². The van der Waals surface area contributed by atoms with Crippen molar-refractivity contribution in [3.05, 3.63) is 0 Å². The minimum Gasteiger partial charge on any atom is -0.479 e. The van der Waals surface area contributed by atoms with Crippen LogP contribution in [0.2, 0.25) is 0 Å². The average Bonchev–Trinajstić information content (AvgIpc) is 2.77. The van der Waals surface area contributed by atoms with E-state index in [2.05, 4.69) is 11.2 Å². The van der Waals surface area contributed by atoms with Gasteiger partial charge in [0.15, 0.2) is 6.10 Å². The van der Waals surface area contributed by atoms with Gasteiger partial charge in [-0.15, -0.1) is 12.3 Å². The summed E-state index contributed by atoms with van der Waals surface area (Å²) in [4.78, 5) is 22.4. The fourth-order valence-electron chi connectivity index (χ4n) is 1.75. The van der Waals surface area contributed by atoms with Crippen molar-refractivity contribution in [1.29, 1.82) is 0 Å². The lowest BCUT2D eigenvalue weighted by Gasteiger charge is -2.17. The molecule has 1 amide bonds. The maximum atomic E-state index is 11.8. The van der Waals surface area contributed by atoms with Crippen LogP contribution in [-0.2, 0) is 14.3 Å². The third-order valence-corrected chi connectivity index (χ3v) is 2.79. The van der Waals surface area contributed by atoms with E-state index in [9.17, 15) is 9.59 Å². The van der Waals surface area contributed by atoms with E-state index in [4.69, 9.17) is 16.3 Å². The zero-order chi connectivity index (χ0) is 12.8. The lowest BCUT2D eigenvalue weighted by Crippen LogP contribution is -2.41. The Morgan fingerprint density at radius 1 is 1.53 bits per heavy atom. The predicted octanol–water partition coefficient (Wildman–Crippen LogP) is 0.537. The molecule has 5 nitrogen and oxygen atoms in total. The van der Waals surface area contributed by atoms with Gasteiger partial charge < -0.3 is 15.2 Å². The number of carboxylic acid groups (broad SMARTS) is 1. The van der Waals surface area contributed by atoms with Crippen LogP contribution in [0, 0.1) is 12.3 Å². The van der Waals surface area contributed by atoms with Gasteiger partial charge in [-0.05, 0) is 19.3 Å². The normalized spacial score (nSPS) is 24.9. The zero-order valence-electron chi connectivity index (χ0n) is 9.81. The van der Waals surface area contributed by atoms with Gasteiger partial charge in [0.05, 0.1) is 0 Å². The SMILES string of the molecule is C#CCC(CC)NC(=O)C1CCC(C(=O)O)O1. The summed E-state index contributed by atoms with van der Waals surface area (Å²) in [6, 6.07) is -0.0695. The molecule has 1 fully saturated rings. The topological polar surface area (TPSA) is 75.6 Å². The van der Waals surface area contributed by atoms with Crippen LogP contribution < -0.4 is 5.32 Å². The lowest BCUT2D eigenvalue weighted by atomic mass is 10.1. The number of hydrogen-bond donors (Lipinski definition) is 2. The van der Waals surface area contributed by atoms with Crippen molar-refractivity contribution in [2.45, 2.75) is 50.9 Å². The van der Waals surface area contributed by atoms with Gasteiger partial charge >= 0.3 is 5.97 Å². The molecule has 2 N–H and O–H groups in total. The van der Waals surface area contributed by atoms with Crippen LogP contribution in [0.3, 0.4) is 0 Å². The summed E-state index contributed by atoms with van der Waals surface area (Å²) in [5.41, 5.74) is 0. The lowest BCUT2D eigenvalue weighted by molar-refractivity contribution is -0.151. The van der Waals surface area contributed by atoms with Crippen molar-refractivity contribution in [3.63, 3.8) is 0 Å². The number of carbonyl (C=O) groups excluding carboxylic acids is 1. The number of ether oxygens (including phenoxy) is 1. The van der Waals surface area contributed by atoms with Crippen molar-refractivity contribution < 1.29 is 19.4 Å². The largest absolute Gasteiger partial charge is 0.479 e. The quantitative estimate of drug-likeness (QED) is 0.686. The maximum absolute atomic E-state index is 11.8. The van der Waals surface area contributed by atoms with Crippen molar-refractivity contribution in [1.82, 2.24) is 5.32 Å². The molecule has 17 heavy (non-hydrogen) atoms. The Morgan fingerprint density at radius 3 is 2.65 bits per heavy atom. The third kappa shape index (κ3) is 3.75. The Labute approximate surface area is 101 Å². The molecule has 0 aromatic heterocycles. The Balaban J connectivity index is 2.44. The van der Waals surface area contributed by atoms with Crippen LogP contribution in [0.4, 0.5) is 0 Å². The summed E-state index contributed by atoms with van der Waals surface area (Å²) in [6.45, 7) is 1.93. The van der Waals surface area contributed by atoms with E-state index in [1.807, 2.05) is 6.92 Å². The van der Waals surface area contributed by atoms with Crippen LogP contribution in [0.15, 0.2) is 0 Å². The Bertz CT molecular complexity index is 334. The Morgan fingerprint density at radius 2 is 2.18 bits per heavy atom. The number of carboxylic acids is 1. The second-order valence-electron chi connectivity index (χ2n) is 4.05. The Hall–Kier alpha value is -1.54. The monoisotopic (exact) mass is 239 g/mol. The van der Waals surface area contributed by atoms with E-state index in [1.54, 1.807) is 0 Å². The number of nitrogens with one attached hydrogen (secondary N) is 1. The molecule has 3 atom stereocenters. The molecule has 94 valence electrons. The van der Waals surface area contributed by atoms with E-state index < -0.39 is 18.2 Å². The minimum atomic E-state index is -1.02. The molecule has 0 radical (unpaired) electrons. The minimum absolute atomic E-state index is 0.0695. The summed E-state index contributed by atoms with van der Waals surface area (Å²) in [5, 5.41) is 11.5. The van der Waals surface area contributed by atoms with E-state index in [1.165, 1.54) is 0 Å². The summed E-state index contributed by atoms with van der Waals surface area (Å²) in [6.07, 6.45) is 5.68. The fourth-order valence-corrected chi connectivity index (χ4v) is 1.75. The fraction of sp³-hybridized carbons (Fsp3) is 0.667. The van der Waals surface area contributed by atoms with Crippen LogP contribution in [0.1, 0.15) is 32.6 Å². The molecule has 1 aliphatic rings. The second kappa shape index (κ2) is 6.26. The number of hydrogen-bond acceptors (Lipinski definition) is 3. The smallest absolute Gasteiger partial charge is 0.332 e. The number of rotatable bonds is 5. The van der Waals surface area contributed by atoms with Crippen LogP contribution in [0.5, 0.6) is 0 Å². The van der Waals surface area contributed by atoms with E-state index in [-0.39, 0.29) is 11.9 Å². The van der Waals surface area contributed by atoms with Gasteiger partial charge in [-0.25, -0.2) is 4.79 Å². The van der Waals surface area contributed by atoms with Gasteiger partial charge in [0.25, 0.3) is 0 Å². The highest BCUT2D eigenvalue weighted by atomic mass is 16.5. The highest BCUT2D eigenvalue weighted by molar-refractivity contribution is 5.82. The first kappa shape index (κ1) is 13.5. The van der Waals surface area contributed by atoms with Crippen LogP contribution >= 0.6 is 0 Å². The molecule has 0 spiro atoms. The molecule has 0 aromatic carbocycles. The number of aliphatic carboxylic acids is 1. The number of terminal acetylenes is 1. The number of amides is 1. The molecular weight excluding hydrogens is 222 g/mol. The highest BCUT2D eigenvalue weighted by Crippen LogP contribution is 2.20. The first-order chi connectivity index (χ1) is 8.08. The summed E-state index contributed by atoms with van der Waals surface area (Å²) in [5.74, 6) is 1.21. The van der Waals surface area contributed by atoms with Crippen LogP contribution in [-0.4, -0.2) is 35.2 Å². The molecule has 3 unspecified atom stereocenters. The Kier molecular flexibility index (Phi) is 4.98. The average molecular weight is 239 g/mol. The van der Waals surface area contributed by atoms with E-state index in [0.717, 1.165) is 6.42 Å². The van der Waals surface area contributed by atoms with Gasteiger partial charge in [0, 0.05) is 12.5 Å². The molecule has 1 saturated heterocycles. The first-order valence-electron chi connectivity index (χ1n) is 5.70. The molecule has 0 aliphatic carbocycles. The van der Waals surface area contributed by atoms with Gasteiger partial charge in [-0.3, -0.25) is 4.79 Å². The van der Waals surface area contributed by atoms with E-state index >= 15 is 0 Å². The third-order valence-electron chi connectivity index (χ3n) is 2.79. The standard InChI is InChI=1S/C12H17NO4/c1-3-5-8(4-2)13-11(14)9-6-7-10(17-9)12(15)16/h1,8-10H,4-7H2,2H3,(H,13,14)(H,15,16). The molecule has 5 heteroatoms. The van der Waals surface area contributed by atoms with Gasteiger partial charge in [0.1, 0.15) is 6.10 Å². The zero-order valence-corrected chi connectivity index (χ0v) is 9.81. The van der Waals surface area contributed by atoms with Gasteiger partial charge in [0.2, 0.25) is 5.91 Å². The number of carbonyl (C=O) groups is 2. The summed E-state index contributed by atoms with van der Waals surface area (Å²) >= 11 is 0. The van der Waals surface area contributed by atoms with Gasteiger partial charge in [-0.2, -0.15) is 0 Å². The molecular formula is C12H17NO4. The predicted molar refractivity (Wildman–Crippen MR) is 61.2 cm³/mol. The van der Waals surface area contributed by atoms with E-state index in [0.29, 0.717) is 19.3 Å². The summed E-state index contributed by atoms with van der Waals surface area (Å²) in [7, 11) is 0. The summed E-state index contributed by atoms with van der Waals surface area (Å²) < 4.78 is 5.14. The second-order valence-corrected chi connectivity index (χ2v) is 4.05. The van der Waals surface area contributed by atoms with Crippen LogP contribution in [0.25, 0.3) is 0 Å². The highest BCUT2D eigenvalue weighted by Gasteiger charge is 2.35. The molecule has 1 aliphatic heterocycles. The van der Waals surface area contributed by atoms with Crippen molar-refractivity contribution in [2.24, 2.45) is 0 Å². The maximum Gasteiger partial charge on any atom is 0.332 e. The molecule has 0 bridgehead atoms. The van der Waals surface area contributed by atoms with Gasteiger partial charge in [-0.1, -0.05) is 6.92 Å². The first-order valence-corrected chi connectivity index (χ1v) is 5.70.